The summed E-state index contributed by atoms with van der Waals surface area (Å²) in [4.78, 5) is 46.2. The van der Waals surface area contributed by atoms with E-state index in [9.17, 15) is 14.4 Å². The minimum absolute atomic E-state index is 0. The lowest BCUT2D eigenvalue weighted by atomic mass is 9.73. The van der Waals surface area contributed by atoms with Crippen molar-refractivity contribution in [1.29, 1.82) is 0 Å². The number of hydrogen-bond acceptors (Lipinski definition) is 5. The Labute approximate surface area is 277 Å². The van der Waals surface area contributed by atoms with Gasteiger partial charge in [0.15, 0.2) is 0 Å². The van der Waals surface area contributed by atoms with Gasteiger partial charge in [-0.15, -0.1) is 12.4 Å². The number of halogens is 2. The van der Waals surface area contributed by atoms with E-state index >= 15 is 0 Å². The summed E-state index contributed by atoms with van der Waals surface area (Å²) in [5.41, 5.74) is 0.598. The second kappa shape index (κ2) is 13.8. The second-order valence-corrected chi connectivity index (χ2v) is 13.6. The van der Waals surface area contributed by atoms with E-state index < -0.39 is 29.6 Å². The van der Waals surface area contributed by atoms with Crippen molar-refractivity contribution in [1.82, 2.24) is 15.1 Å². The number of ether oxygens (including phenoxy) is 1. The van der Waals surface area contributed by atoms with Crippen LogP contribution in [0.15, 0.2) is 66.7 Å². The first-order valence-electron chi connectivity index (χ1n) is 15.9. The van der Waals surface area contributed by atoms with Crippen LogP contribution in [-0.4, -0.2) is 71.4 Å². The smallest absolute Gasteiger partial charge is 0.246 e. The Hall–Kier alpha value is -2.91. The molecule has 10 heteroatoms. The van der Waals surface area contributed by atoms with Crippen LogP contribution in [0.5, 0.6) is 0 Å². The molecule has 2 N–H and O–H groups in total. The lowest BCUT2D eigenvalue weighted by Gasteiger charge is -2.38. The average molecular weight is 656 g/mol. The van der Waals surface area contributed by atoms with E-state index in [4.69, 9.17) is 16.3 Å². The summed E-state index contributed by atoms with van der Waals surface area (Å²) in [6.07, 6.45) is 6.98. The Morgan fingerprint density at radius 3 is 2.62 bits per heavy atom. The molecule has 2 aromatic carbocycles. The topological polar surface area (TPSA) is 91.0 Å². The van der Waals surface area contributed by atoms with Crippen LogP contribution in [-0.2, 0) is 25.7 Å². The third-order valence-corrected chi connectivity index (χ3v) is 10.5. The molecule has 4 aliphatic rings. The molecule has 8 nitrogen and oxygen atoms in total. The van der Waals surface area contributed by atoms with Crippen molar-refractivity contribution >= 4 is 47.4 Å². The predicted molar refractivity (Wildman–Crippen MR) is 178 cm³/mol. The van der Waals surface area contributed by atoms with Crippen molar-refractivity contribution in [2.45, 2.75) is 69.9 Å². The Morgan fingerprint density at radius 2 is 1.87 bits per heavy atom. The first-order valence-corrected chi connectivity index (χ1v) is 16.3. The minimum Gasteiger partial charge on any atom is -0.359 e. The molecule has 8 atom stereocenters. The number of fused-ring (bicyclic) bond motifs is 1. The first-order chi connectivity index (χ1) is 21.2. The highest BCUT2D eigenvalue weighted by atomic mass is 35.5. The fourth-order valence-corrected chi connectivity index (χ4v) is 8.02. The van der Waals surface area contributed by atoms with Gasteiger partial charge in [0.05, 0.1) is 17.9 Å². The molecule has 45 heavy (non-hydrogen) atoms. The number of benzene rings is 2. The lowest BCUT2D eigenvalue weighted by Crippen LogP contribution is -2.58. The molecule has 3 aliphatic heterocycles. The van der Waals surface area contributed by atoms with E-state index in [1.165, 1.54) is 5.56 Å². The first kappa shape index (κ1) is 33.5. The van der Waals surface area contributed by atoms with Crippen molar-refractivity contribution in [2.24, 2.45) is 23.7 Å². The standard InChI is InChI=1S/C35H43ClN4O4.ClH/c1-22-10-7-15-27(23(22)2)38-33(42)31-35-17-16-28(44-35)29(32(41)37-26-14-8-13-25(36)20-26)30(35)34(43)40(31)19-9-18-39(3)21-24-11-5-4-6-12-24;/h4-6,8,11-14,16-17,20,22-23,27-31H,7,9-10,15,18-19,21H2,1-3H3,(H,37,41)(H,38,42);1H. The Kier molecular flexibility index (Phi) is 10.3. The summed E-state index contributed by atoms with van der Waals surface area (Å²) in [6, 6.07) is 16.4. The maximum atomic E-state index is 14.3. The molecule has 8 unspecified atom stereocenters. The highest BCUT2D eigenvalue weighted by Crippen LogP contribution is 2.55. The number of carbonyl (C=O) groups excluding carboxylic acids is 3. The fourth-order valence-electron chi connectivity index (χ4n) is 7.83. The number of amides is 3. The van der Waals surface area contributed by atoms with Crippen LogP contribution in [0.1, 0.15) is 45.1 Å². The molecule has 0 radical (unpaired) electrons. The molecule has 2 bridgehead atoms. The number of hydrogen-bond donors (Lipinski definition) is 2. The van der Waals surface area contributed by atoms with Gasteiger partial charge in [-0.05, 0) is 62.0 Å². The molecule has 3 fully saturated rings. The van der Waals surface area contributed by atoms with Gasteiger partial charge < -0.3 is 25.2 Å². The van der Waals surface area contributed by atoms with Crippen LogP contribution in [0, 0.1) is 23.7 Å². The van der Waals surface area contributed by atoms with Crippen molar-refractivity contribution in [3.05, 3.63) is 77.3 Å². The molecule has 0 aromatic heterocycles. The van der Waals surface area contributed by atoms with E-state index in [0.29, 0.717) is 35.5 Å². The van der Waals surface area contributed by atoms with Crippen molar-refractivity contribution in [3.63, 3.8) is 0 Å². The second-order valence-electron chi connectivity index (χ2n) is 13.2. The quantitative estimate of drug-likeness (QED) is 0.339. The van der Waals surface area contributed by atoms with E-state index in [-0.39, 0.29) is 36.2 Å². The number of likely N-dealkylation sites (tertiary alicyclic amines) is 1. The molecule has 2 saturated heterocycles. The number of nitrogens with zero attached hydrogens (tertiary/aromatic N) is 2. The minimum atomic E-state index is -1.18. The molecule has 242 valence electrons. The zero-order valence-electron chi connectivity index (χ0n) is 26.2. The zero-order chi connectivity index (χ0) is 31.0. The molecule has 3 heterocycles. The van der Waals surface area contributed by atoms with Crippen LogP contribution in [0.4, 0.5) is 5.69 Å². The summed E-state index contributed by atoms with van der Waals surface area (Å²) in [5, 5.41) is 6.78. The van der Waals surface area contributed by atoms with Gasteiger partial charge in [0.2, 0.25) is 17.7 Å². The Morgan fingerprint density at radius 1 is 1.09 bits per heavy atom. The summed E-state index contributed by atoms with van der Waals surface area (Å²) in [6.45, 7) is 6.38. The van der Waals surface area contributed by atoms with Gasteiger partial charge >= 0.3 is 0 Å². The molecule has 6 rings (SSSR count). The largest absolute Gasteiger partial charge is 0.359 e. The summed E-state index contributed by atoms with van der Waals surface area (Å²) >= 11 is 6.15. The van der Waals surface area contributed by atoms with Crippen LogP contribution < -0.4 is 10.6 Å². The van der Waals surface area contributed by atoms with Crippen molar-refractivity contribution in [2.75, 3.05) is 25.5 Å². The highest BCUT2D eigenvalue weighted by molar-refractivity contribution is 6.30. The SMILES string of the molecule is CC1CCCC(NC(=O)C2N(CCCN(C)Cc3ccccc3)C(=O)C3C(C(=O)Nc4cccc(Cl)c4)C4C=CC32O4)C1C.Cl. The van der Waals surface area contributed by atoms with E-state index in [1.807, 2.05) is 30.4 Å². The fraction of sp³-hybridized carbons (Fsp3) is 0.514. The van der Waals surface area contributed by atoms with Crippen molar-refractivity contribution in [3.8, 4) is 0 Å². The zero-order valence-corrected chi connectivity index (χ0v) is 27.7. The average Bonchev–Trinajstić information content (AvgIpc) is 3.63. The van der Waals surface area contributed by atoms with Gasteiger partial charge in [0.25, 0.3) is 0 Å². The number of nitrogens with one attached hydrogen (secondary N) is 2. The van der Waals surface area contributed by atoms with Crippen LogP contribution in [0.3, 0.4) is 0 Å². The monoisotopic (exact) mass is 654 g/mol. The molecule has 3 amide bonds. The molecular weight excluding hydrogens is 611 g/mol. The van der Waals surface area contributed by atoms with E-state index in [1.54, 1.807) is 29.2 Å². The van der Waals surface area contributed by atoms with Crippen molar-refractivity contribution < 1.29 is 19.1 Å². The molecule has 1 spiro atoms. The third-order valence-electron chi connectivity index (χ3n) is 10.3. The van der Waals surface area contributed by atoms with Crippen LogP contribution in [0.2, 0.25) is 5.02 Å². The normalized spacial score (nSPS) is 31.5. The molecular formula is C35H44Cl2N4O4. The van der Waals surface area contributed by atoms with E-state index in [2.05, 4.69) is 48.6 Å². The van der Waals surface area contributed by atoms with Gasteiger partial charge in [-0.1, -0.05) is 86.8 Å². The highest BCUT2D eigenvalue weighted by Gasteiger charge is 2.72. The predicted octanol–water partition coefficient (Wildman–Crippen LogP) is 5.31. The summed E-state index contributed by atoms with van der Waals surface area (Å²) in [5.74, 6) is -1.37. The van der Waals surface area contributed by atoms with Crippen LogP contribution in [0.25, 0.3) is 0 Å². The maximum Gasteiger partial charge on any atom is 0.246 e. The van der Waals surface area contributed by atoms with Gasteiger partial charge in [-0.2, -0.15) is 0 Å². The number of carbonyl (C=O) groups is 3. The summed E-state index contributed by atoms with van der Waals surface area (Å²) in [7, 11) is 2.06. The molecule has 2 aromatic rings. The van der Waals surface area contributed by atoms with Gasteiger partial charge in [-0.25, -0.2) is 0 Å². The molecule has 1 saturated carbocycles. The number of rotatable bonds is 10. The van der Waals surface area contributed by atoms with E-state index in [0.717, 1.165) is 32.4 Å². The Bertz CT molecular complexity index is 1420. The van der Waals surface area contributed by atoms with Crippen LogP contribution >= 0.6 is 24.0 Å². The van der Waals surface area contributed by atoms with Gasteiger partial charge in [0, 0.05) is 29.8 Å². The third kappa shape index (κ3) is 6.53. The number of anilines is 1. The molecule has 1 aliphatic carbocycles. The van der Waals surface area contributed by atoms with Gasteiger partial charge in [0.1, 0.15) is 11.6 Å². The summed E-state index contributed by atoms with van der Waals surface area (Å²) < 4.78 is 6.53. The Balaban J connectivity index is 0.00000400. The lowest BCUT2D eigenvalue weighted by molar-refractivity contribution is -0.141. The maximum absolute atomic E-state index is 14.3. The van der Waals surface area contributed by atoms with Gasteiger partial charge in [-0.3, -0.25) is 14.4 Å².